The van der Waals surface area contributed by atoms with Crippen LogP contribution in [0.1, 0.15) is 30.0 Å². The smallest absolute Gasteiger partial charge is 0.131 e. The van der Waals surface area contributed by atoms with Gasteiger partial charge < -0.3 is 0 Å². The average molecular weight is 353 g/mol. The fourth-order valence-electron chi connectivity index (χ4n) is 3.03. The molecule has 128 valence electrons. The zero-order chi connectivity index (χ0) is 17.6. The van der Waals surface area contributed by atoms with Crippen molar-refractivity contribution in [2.45, 2.75) is 32.6 Å². The van der Waals surface area contributed by atoms with Crippen LogP contribution in [0.4, 0.5) is 4.39 Å². The fourth-order valence-corrected chi connectivity index (χ4v) is 3.15. The van der Waals surface area contributed by atoms with Gasteiger partial charge >= 0.3 is 0 Å². The third-order valence-electron chi connectivity index (χ3n) is 4.45. The largest absolute Gasteiger partial charge is 0.206 e. The van der Waals surface area contributed by atoms with Gasteiger partial charge in [0.25, 0.3) is 0 Å². The number of benzene rings is 3. The van der Waals surface area contributed by atoms with Gasteiger partial charge in [-0.05, 0) is 59.7 Å². The Bertz CT molecular complexity index is 820. The van der Waals surface area contributed by atoms with E-state index in [4.69, 9.17) is 11.6 Å². The van der Waals surface area contributed by atoms with Crippen LogP contribution >= 0.6 is 11.6 Å². The van der Waals surface area contributed by atoms with Crippen LogP contribution in [0, 0.1) is 5.82 Å². The van der Waals surface area contributed by atoms with E-state index in [0.29, 0.717) is 5.56 Å². The SMILES string of the molecule is CCCc1ccc(-c2ccc(CCc3ccc(Cl)cc3)cc2)c(F)c1. The highest BCUT2D eigenvalue weighted by molar-refractivity contribution is 6.30. The minimum absolute atomic E-state index is 0.139. The highest BCUT2D eigenvalue weighted by atomic mass is 35.5. The van der Waals surface area contributed by atoms with E-state index in [2.05, 4.69) is 31.2 Å². The molecule has 0 saturated carbocycles. The third kappa shape index (κ3) is 4.70. The number of halogens is 2. The van der Waals surface area contributed by atoms with E-state index in [1.165, 1.54) is 11.1 Å². The molecule has 0 fully saturated rings. The zero-order valence-corrected chi connectivity index (χ0v) is 15.2. The maximum atomic E-state index is 14.4. The normalized spacial score (nSPS) is 10.8. The van der Waals surface area contributed by atoms with E-state index < -0.39 is 0 Å². The molecule has 0 aliphatic heterocycles. The van der Waals surface area contributed by atoms with Crippen LogP contribution in [-0.4, -0.2) is 0 Å². The van der Waals surface area contributed by atoms with Crippen LogP contribution < -0.4 is 0 Å². The van der Waals surface area contributed by atoms with Gasteiger partial charge in [-0.25, -0.2) is 4.39 Å². The van der Waals surface area contributed by atoms with Crippen LogP contribution in [0.5, 0.6) is 0 Å². The Morgan fingerprint density at radius 3 is 1.84 bits per heavy atom. The third-order valence-corrected chi connectivity index (χ3v) is 4.70. The minimum atomic E-state index is -0.139. The molecule has 3 aromatic carbocycles. The molecular weight excluding hydrogens is 331 g/mol. The minimum Gasteiger partial charge on any atom is -0.206 e. The number of hydrogen-bond acceptors (Lipinski definition) is 0. The first-order valence-electron chi connectivity index (χ1n) is 8.78. The topological polar surface area (TPSA) is 0 Å². The monoisotopic (exact) mass is 352 g/mol. The van der Waals surface area contributed by atoms with Gasteiger partial charge in [-0.2, -0.15) is 0 Å². The summed E-state index contributed by atoms with van der Waals surface area (Å²) in [5, 5.41) is 0.764. The molecule has 0 amide bonds. The van der Waals surface area contributed by atoms with Gasteiger partial charge in [-0.1, -0.05) is 73.5 Å². The van der Waals surface area contributed by atoms with Crippen LogP contribution in [0.3, 0.4) is 0 Å². The molecule has 0 aliphatic rings. The Kier molecular flexibility index (Phi) is 5.88. The summed E-state index contributed by atoms with van der Waals surface area (Å²) in [6.45, 7) is 2.11. The van der Waals surface area contributed by atoms with Gasteiger partial charge in [0, 0.05) is 10.6 Å². The Morgan fingerprint density at radius 2 is 1.28 bits per heavy atom. The first-order valence-corrected chi connectivity index (χ1v) is 9.15. The summed E-state index contributed by atoms with van der Waals surface area (Å²) in [5.41, 5.74) is 5.18. The maximum Gasteiger partial charge on any atom is 0.131 e. The van der Waals surface area contributed by atoms with Crippen molar-refractivity contribution in [1.82, 2.24) is 0 Å². The average Bonchev–Trinajstić information content (AvgIpc) is 2.62. The summed E-state index contributed by atoms with van der Waals surface area (Å²) in [6, 6.07) is 21.7. The second-order valence-corrected chi connectivity index (χ2v) is 6.82. The van der Waals surface area contributed by atoms with Crippen molar-refractivity contribution in [3.63, 3.8) is 0 Å². The van der Waals surface area contributed by atoms with Crippen molar-refractivity contribution in [3.05, 3.63) is 94.3 Å². The highest BCUT2D eigenvalue weighted by Crippen LogP contribution is 2.25. The molecule has 0 saturated heterocycles. The quantitative estimate of drug-likeness (QED) is 0.453. The van der Waals surface area contributed by atoms with E-state index >= 15 is 0 Å². The summed E-state index contributed by atoms with van der Waals surface area (Å²) in [5.74, 6) is -0.139. The predicted octanol–water partition coefficient (Wildman–Crippen LogP) is 6.88. The molecule has 0 aliphatic carbocycles. The Balaban J connectivity index is 1.68. The first-order chi connectivity index (χ1) is 12.2. The number of hydrogen-bond donors (Lipinski definition) is 0. The second-order valence-electron chi connectivity index (χ2n) is 6.39. The Morgan fingerprint density at radius 1 is 0.720 bits per heavy atom. The highest BCUT2D eigenvalue weighted by Gasteiger charge is 2.06. The van der Waals surface area contributed by atoms with Crippen molar-refractivity contribution in [1.29, 1.82) is 0 Å². The molecule has 0 bridgehead atoms. The Labute approximate surface area is 154 Å². The predicted molar refractivity (Wildman–Crippen MR) is 105 cm³/mol. The van der Waals surface area contributed by atoms with E-state index in [0.717, 1.165) is 41.8 Å². The molecule has 3 rings (SSSR count). The van der Waals surface area contributed by atoms with Crippen molar-refractivity contribution in [3.8, 4) is 11.1 Å². The number of aryl methyl sites for hydroxylation is 3. The van der Waals surface area contributed by atoms with Crippen molar-refractivity contribution < 1.29 is 4.39 Å². The van der Waals surface area contributed by atoms with Crippen LogP contribution in [0.25, 0.3) is 11.1 Å². The van der Waals surface area contributed by atoms with Gasteiger partial charge in [0.15, 0.2) is 0 Å². The zero-order valence-electron chi connectivity index (χ0n) is 14.4. The molecule has 25 heavy (non-hydrogen) atoms. The molecular formula is C23H22ClF. The second kappa shape index (κ2) is 8.31. The van der Waals surface area contributed by atoms with E-state index in [1.54, 1.807) is 6.07 Å². The molecule has 0 nitrogen and oxygen atoms in total. The molecule has 0 aromatic heterocycles. The van der Waals surface area contributed by atoms with Crippen molar-refractivity contribution in [2.24, 2.45) is 0 Å². The summed E-state index contributed by atoms with van der Waals surface area (Å²) in [7, 11) is 0. The molecule has 0 heterocycles. The molecule has 0 radical (unpaired) electrons. The number of rotatable bonds is 6. The molecule has 3 aromatic rings. The van der Waals surface area contributed by atoms with E-state index in [-0.39, 0.29) is 5.82 Å². The molecule has 0 N–H and O–H groups in total. The summed E-state index contributed by atoms with van der Waals surface area (Å²) < 4.78 is 14.4. The summed E-state index contributed by atoms with van der Waals surface area (Å²) >= 11 is 5.91. The Hall–Kier alpha value is -2.12. The van der Waals surface area contributed by atoms with Gasteiger partial charge in [-0.15, -0.1) is 0 Å². The lowest BCUT2D eigenvalue weighted by atomic mass is 9.98. The van der Waals surface area contributed by atoms with Crippen LogP contribution in [0.2, 0.25) is 5.02 Å². The van der Waals surface area contributed by atoms with Crippen LogP contribution in [-0.2, 0) is 19.3 Å². The lowest BCUT2D eigenvalue weighted by Gasteiger charge is -2.08. The van der Waals surface area contributed by atoms with Crippen molar-refractivity contribution >= 4 is 11.6 Å². The van der Waals surface area contributed by atoms with E-state index in [1.807, 2.05) is 36.4 Å². The standard InChI is InChI=1S/C23H22ClF/c1-2-3-19-10-15-22(23(25)16-19)20-11-6-17(7-12-20)4-5-18-8-13-21(24)14-9-18/h6-16H,2-5H2,1H3. The van der Waals surface area contributed by atoms with Crippen molar-refractivity contribution in [2.75, 3.05) is 0 Å². The van der Waals surface area contributed by atoms with Gasteiger partial charge in [0.1, 0.15) is 5.82 Å². The first kappa shape index (κ1) is 17.7. The van der Waals surface area contributed by atoms with Gasteiger partial charge in [0.05, 0.1) is 0 Å². The lowest BCUT2D eigenvalue weighted by molar-refractivity contribution is 0.628. The van der Waals surface area contributed by atoms with Gasteiger partial charge in [-0.3, -0.25) is 0 Å². The molecule has 2 heteroatoms. The summed E-state index contributed by atoms with van der Waals surface area (Å²) in [4.78, 5) is 0. The molecule has 0 atom stereocenters. The lowest BCUT2D eigenvalue weighted by Crippen LogP contribution is -1.92. The van der Waals surface area contributed by atoms with Gasteiger partial charge in [0.2, 0.25) is 0 Å². The van der Waals surface area contributed by atoms with Crippen LogP contribution in [0.15, 0.2) is 66.7 Å². The van der Waals surface area contributed by atoms with E-state index in [9.17, 15) is 4.39 Å². The molecule has 0 spiro atoms. The fraction of sp³-hybridized carbons (Fsp3) is 0.217. The molecule has 0 unspecified atom stereocenters. The summed E-state index contributed by atoms with van der Waals surface area (Å²) in [6.07, 6.45) is 3.87. The maximum absolute atomic E-state index is 14.4.